The molecular weight excluding hydrogens is 549 g/mol. The van der Waals surface area contributed by atoms with Crippen LogP contribution in [0.3, 0.4) is 0 Å². The molecule has 2 heterocycles. The first kappa shape index (κ1) is 31.3. The van der Waals surface area contributed by atoms with E-state index >= 15 is 0 Å². The highest BCUT2D eigenvalue weighted by molar-refractivity contribution is 6.61. The van der Waals surface area contributed by atoms with Crippen molar-refractivity contribution < 1.29 is 43.4 Å². The molecule has 2 aliphatic rings. The highest BCUT2D eigenvalue weighted by Gasteiger charge is 2.41. The molecule has 0 radical (unpaired) electrons. The number of likely N-dealkylation sites (tertiary alicyclic amines) is 1. The summed E-state index contributed by atoms with van der Waals surface area (Å²) in [5, 5.41) is 34.8. The van der Waals surface area contributed by atoms with Crippen LogP contribution in [0.2, 0.25) is 0 Å². The van der Waals surface area contributed by atoms with Gasteiger partial charge in [-0.25, -0.2) is 0 Å². The fraction of sp³-hybridized carbons (Fsp3) is 0.407. The van der Waals surface area contributed by atoms with Gasteiger partial charge in [0.2, 0.25) is 5.91 Å². The number of rotatable bonds is 12. The Kier molecular flexibility index (Phi) is 10.5. The van der Waals surface area contributed by atoms with Crippen LogP contribution in [0, 0.1) is 0 Å². The lowest BCUT2D eigenvalue weighted by atomic mass is 9.79. The van der Waals surface area contributed by atoms with Crippen LogP contribution in [-0.4, -0.2) is 89.6 Å². The van der Waals surface area contributed by atoms with Crippen molar-refractivity contribution in [2.75, 3.05) is 13.1 Å². The van der Waals surface area contributed by atoms with Gasteiger partial charge in [-0.2, -0.15) is 4.39 Å². The molecule has 222 valence electrons. The quantitative estimate of drug-likeness (QED) is 0.0892. The summed E-state index contributed by atoms with van der Waals surface area (Å²) in [5.74, 6) is -1.38. The molecule has 4 rings (SSSR count). The van der Waals surface area contributed by atoms with Crippen molar-refractivity contribution >= 4 is 49.3 Å². The summed E-state index contributed by atoms with van der Waals surface area (Å²) < 4.78 is 17.8. The van der Waals surface area contributed by atoms with Gasteiger partial charge in [0.05, 0.1) is 19.3 Å². The zero-order valence-electron chi connectivity index (χ0n) is 22.9. The molecular formula is C27H33B2FN4O8. The van der Waals surface area contributed by atoms with Crippen molar-refractivity contribution in [2.45, 2.75) is 57.0 Å². The number of benzene rings is 2. The largest absolute Gasteiger partial charge is 0.491 e. The number of nitrogens with two attached hydrogens (primary N) is 1. The van der Waals surface area contributed by atoms with Gasteiger partial charge in [0.1, 0.15) is 6.04 Å². The Morgan fingerprint density at radius 1 is 1.17 bits per heavy atom. The van der Waals surface area contributed by atoms with Crippen LogP contribution in [-0.2, 0) is 27.5 Å². The Morgan fingerprint density at radius 3 is 2.64 bits per heavy atom. The summed E-state index contributed by atoms with van der Waals surface area (Å²) >= 11 is 0. The van der Waals surface area contributed by atoms with E-state index in [9.17, 15) is 38.7 Å². The molecule has 3 amide bonds. The van der Waals surface area contributed by atoms with Gasteiger partial charge < -0.3 is 41.1 Å². The van der Waals surface area contributed by atoms with E-state index in [0.29, 0.717) is 34.9 Å². The first-order valence-electron chi connectivity index (χ1n) is 13.7. The number of aliphatic hydroxyl groups excluding tert-OH is 1. The highest BCUT2D eigenvalue weighted by atomic mass is 19.1. The molecule has 0 aromatic heterocycles. The standard InChI is InChI=1S/C27H33B2FN4O8/c30-24(36)22(31)3-1-2-8-32-26(38)23-11-19(33-25(37)15-4-7-18-14-42-29(41)21(18)10-15)12-34(23)27(39)16-5-6-17(13-35)20(9-16)28-40/h4-7,9-10,19,22-23,28,35,40-41H,1-3,8,11-14,31H2,(H,32,38)(H,33,37)/t19-,22-,23?/m0/s1. The molecule has 7 N–H and O–H groups in total. The molecule has 12 nitrogen and oxygen atoms in total. The van der Waals surface area contributed by atoms with Crippen molar-refractivity contribution in [3.8, 4) is 0 Å². The lowest BCUT2D eigenvalue weighted by Crippen LogP contribution is -2.46. The van der Waals surface area contributed by atoms with E-state index in [2.05, 4.69) is 10.6 Å². The Bertz CT molecular complexity index is 1350. The van der Waals surface area contributed by atoms with Gasteiger partial charge in [-0.1, -0.05) is 18.2 Å². The maximum Gasteiger partial charge on any atom is 0.491 e. The van der Waals surface area contributed by atoms with Crippen LogP contribution in [0.25, 0.3) is 0 Å². The Labute approximate surface area is 242 Å². The van der Waals surface area contributed by atoms with E-state index in [-0.39, 0.29) is 44.7 Å². The number of halogens is 1. The highest BCUT2D eigenvalue weighted by Crippen LogP contribution is 2.22. The summed E-state index contributed by atoms with van der Waals surface area (Å²) in [5.41, 5.74) is 8.02. The second kappa shape index (κ2) is 14.0. The fourth-order valence-electron chi connectivity index (χ4n) is 5.20. The van der Waals surface area contributed by atoms with Crippen molar-refractivity contribution in [2.24, 2.45) is 5.73 Å². The number of hydrogen-bond donors (Lipinski definition) is 6. The molecule has 3 atom stereocenters. The summed E-state index contributed by atoms with van der Waals surface area (Å²) in [6.45, 7) is 0.167. The van der Waals surface area contributed by atoms with E-state index in [4.69, 9.17) is 10.4 Å². The van der Waals surface area contributed by atoms with Crippen LogP contribution in [0.5, 0.6) is 0 Å². The number of nitrogens with zero attached hydrogens (tertiary/aromatic N) is 1. The predicted molar refractivity (Wildman–Crippen MR) is 152 cm³/mol. The number of hydrogen-bond acceptors (Lipinski definition) is 9. The Hall–Kier alpha value is -3.62. The zero-order valence-corrected chi connectivity index (χ0v) is 22.9. The Morgan fingerprint density at radius 2 is 1.93 bits per heavy atom. The van der Waals surface area contributed by atoms with E-state index in [1.165, 1.54) is 23.1 Å². The molecule has 1 unspecified atom stereocenters. The van der Waals surface area contributed by atoms with Crippen LogP contribution < -0.4 is 27.3 Å². The molecule has 0 bridgehead atoms. The van der Waals surface area contributed by atoms with E-state index in [0.717, 1.165) is 5.56 Å². The van der Waals surface area contributed by atoms with Crippen molar-refractivity contribution in [1.82, 2.24) is 15.5 Å². The van der Waals surface area contributed by atoms with E-state index in [1.807, 2.05) is 0 Å². The van der Waals surface area contributed by atoms with Gasteiger partial charge in [0.15, 0.2) is 0 Å². The molecule has 15 heteroatoms. The summed E-state index contributed by atoms with van der Waals surface area (Å²) in [7, 11) is -1.51. The molecule has 0 saturated carbocycles. The molecule has 1 saturated heterocycles. The minimum absolute atomic E-state index is 0.0308. The average Bonchev–Trinajstić information content (AvgIpc) is 3.58. The number of carbonyl (C=O) groups excluding carboxylic acids is 4. The maximum absolute atomic E-state index is 13.6. The number of unbranched alkanes of at least 4 members (excludes halogenated alkanes) is 1. The molecule has 42 heavy (non-hydrogen) atoms. The van der Waals surface area contributed by atoms with Crippen LogP contribution in [0.1, 0.15) is 57.5 Å². The van der Waals surface area contributed by atoms with Crippen LogP contribution in [0.4, 0.5) is 4.39 Å². The maximum atomic E-state index is 13.6. The first-order valence-corrected chi connectivity index (χ1v) is 13.7. The van der Waals surface area contributed by atoms with Gasteiger partial charge in [0.25, 0.3) is 11.8 Å². The minimum atomic E-state index is -1.59. The summed E-state index contributed by atoms with van der Waals surface area (Å²) in [4.78, 5) is 51.9. The van der Waals surface area contributed by atoms with Crippen molar-refractivity contribution in [3.05, 3.63) is 58.7 Å². The number of amides is 3. The van der Waals surface area contributed by atoms with Crippen molar-refractivity contribution in [3.63, 3.8) is 0 Å². The lowest BCUT2D eigenvalue weighted by molar-refractivity contribution is -0.131. The summed E-state index contributed by atoms with van der Waals surface area (Å²) in [6, 6.07) is 5.06. The van der Waals surface area contributed by atoms with Crippen LogP contribution in [0.15, 0.2) is 36.4 Å². The molecule has 1 fully saturated rings. The predicted octanol–water partition coefficient (Wildman–Crippen LogP) is -2.51. The molecule has 0 aliphatic carbocycles. The summed E-state index contributed by atoms with van der Waals surface area (Å²) in [6.07, 6.45) is 1.10. The molecule has 2 aromatic carbocycles. The second-order valence-electron chi connectivity index (χ2n) is 10.5. The number of aliphatic hydroxyl groups is 1. The van der Waals surface area contributed by atoms with E-state index in [1.54, 1.807) is 18.2 Å². The third-order valence-corrected chi connectivity index (χ3v) is 7.60. The SMILES string of the molecule is N[C@@H](CCCCNC(=O)C1C[C@H](NC(=O)c2ccc3c(c2)B(O)OC3)CN1C(=O)c1ccc(CO)c(BO)c1)C(=O)F. The molecule has 2 aliphatic heterocycles. The number of carbonyl (C=O) groups is 4. The number of nitrogens with one attached hydrogen (secondary N) is 2. The van der Waals surface area contributed by atoms with Gasteiger partial charge in [-0.3, -0.25) is 19.2 Å². The lowest BCUT2D eigenvalue weighted by Gasteiger charge is -2.24. The normalized spacial score (nSPS) is 18.4. The third-order valence-electron chi connectivity index (χ3n) is 7.60. The van der Waals surface area contributed by atoms with E-state index < -0.39 is 56.5 Å². The van der Waals surface area contributed by atoms with Gasteiger partial charge in [0, 0.05) is 30.3 Å². The minimum Gasteiger partial charge on any atom is -0.449 e. The monoisotopic (exact) mass is 582 g/mol. The fourth-order valence-corrected chi connectivity index (χ4v) is 5.20. The topological polar surface area (TPSA) is 192 Å². The molecule has 2 aromatic rings. The first-order chi connectivity index (χ1) is 20.1. The van der Waals surface area contributed by atoms with Crippen LogP contribution >= 0.6 is 0 Å². The number of fused-ring (bicyclic) bond motifs is 1. The smallest absolute Gasteiger partial charge is 0.449 e. The second-order valence-corrected chi connectivity index (χ2v) is 10.5. The average molecular weight is 582 g/mol. The zero-order chi connectivity index (χ0) is 30.4. The molecule has 0 spiro atoms. The Balaban J connectivity index is 1.46. The third kappa shape index (κ3) is 7.23. The van der Waals surface area contributed by atoms with Gasteiger partial charge in [-0.15, -0.1) is 0 Å². The van der Waals surface area contributed by atoms with Gasteiger partial charge in [-0.05, 0) is 65.9 Å². The van der Waals surface area contributed by atoms with Crippen molar-refractivity contribution in [1.29, 1.82) is 0 Å². The van der Waals surface area contributed by atoms with Gasteiger partial charge >= 0.3 is 20.6 Å².